The van der Waals surface area contributed by atoms with Crippen LogP contribution in [0.5, 0.6) is 5.75 Å². The maximum absolute atomic E-state index is 11.3. The first-order valence-electron chi connectivity index (χ1n) is 9.18. The lowest BCUT2D eigenvalue weighted by Gasteiger charge is -2.09. The minimum atomic E-state index is -0.673. The van der Waals surface area contributed by atoms with Crippen molar-refractivity contribution >= 4 is 34.0 Å². The Balaban J connectivity index is 1.98. The van der Waals surface area contributed by atoms with E-state index in [0.717, 1.165) is 16.9 Å². The van der Waals surface area contributed by atoms with Crippen LogP contribution in [0, 0.1) is 24.0 Å². The molecule has 2 aromatic carbocycles. The number of nitrogens with zero attached hydrogens (tertiary/aromatic N) is 5. The van der Waals surface area contributed by atoms with Gasteiger partial charge >= 0.3 is 5.69 Å². The molecule has 4 aromatic rings. The zero-order chi connectivity index (χ0) is 22.3. The van der Waals surface area contributed by atoms with Gasteiger partial charge in [-0.2, -0.15) is 5.10 Å². The molecular weight excluding hydrogens is 420 g/mol. The van der Waals surface area contributed by atoms with Crippen molar-refractivity contribution in [3.8, 4) is 11.4 Å². The molecule has 3 N–H and O–H groups in total. The van der Waals surface area contributed by atoms with Gasteiger partial charge < -0.3 is 10.9 Å². The molecule has 0 fully saturated rings. The molecule has 0 saturated heterocycles. The molecule has 10 heteroatoms. The third-order valence-electron chi connectivity index (χ3n) is 5.16. The molecule has 0 radical (unpaired) electrons. The topological polar surface area (TPSA) is 132 Å². The van der Waals surface area contributed by atoms with Crippen LogP contribution in [-0.4, -0.2) is 30.3 Å². The number of nitro benzene ring substituents is 1. The number of hydrogen-bond donors (Lipinski definition) is 2. The second-order valence-electron chi connectivity index (χ2n) is 6.88. The van der Waals surface area contributed by atoms with E-state index in [9.17, 15) is 15.2 Å². The molecule has 0 aliphatic rings. The number of halogens is 1. The fourth-order valence-electron chi connectivity index (χ4n) is 3.60. The van der Waals surface area contributed by atoms with Crippen LogP contribution in [0.4, 0.5) is 5.69 Å². The fraction of sp³-hybridized carbons (Fsp3) is 0.0952. The Morgan fingerprint density at radius 1 is 1.23 bits per heavy atom. The van der Waals surface area contributed by atoms with Crippen molar-refractivity contribution in [3.05, 3.63) is 86.4 Å². The van der Waals surface area contributed by atoms with Gasteiger partial charge in [0.2, 0.25) is 0 Å². The lowest BCUT2D eigenvalue weighted by atomic mass is 10.0. The Bertz CT molecular complexity index is 1380. The Morgan fingerprint density at radius 3 is 2.68 bits per heavy atom. The Labute approximate surface area is 181 Å². The van der Waals surface area contributed by atoms with Crippen LogP contribution in [0.2, 0.25) is 5.02 Å². The number of fused-ring (bicyclic) bond motifs is 1. The number of aromatic hydroxyl groups is 1. The van der Waals surface area contributed by atoms with Gasteiger partial charge in [0.25, 0.3) is 0 Å². The summed E-state index contributed by atoms with van der Waals surface area (Å²) in [5.41, 5.74) is 3.84. The zero-order valence-corrected chi connectivity index (χ0v) is 17.3. The van der Waals surface area contributed by atoms with Gasteiger partial charge in [0.15, 0.2) is 5.75 Å². The molecule has 0 unspecified atom stereocenters. The van der Waals surface area contributed by atoms with Crippen molar-refractivity contribution in [2.75, 3.05) is 0 Å². The zero-order valence-electron chi connectivity index (χ0n) is 16.6. The van der Waals surface area contributed by atoms with Crippen molar-refractivity contribution < 1.29 is 10.0 Å². The van der Waals surface area contributed by atoms with Gasteiger partial charge in [0.05, 0.1) is 10.3 Å². The van der Waals surface area contributed by atoms with Gasteiger partial charge in [0, 0.05) is 28.0 Å². The molecule has 0 aliphatic carbocycles. The Hall–Kier alpha value is -3.98. The molecule has 2 heterocycles. The van der Waals surface area contributed by atoms with Crippen molar-refractivity contribution in [1.29, 1.82) is 0 Å². The van der Waals surface area contributed by atoms with E-state index >= 15 is 0 Å². The molecular formula is C21H17ClN6O3. The van der Waals surface area contributed by atoms with Gasteiger partial charge in [-0.1, -0.05) is 17.7 Å². The first-order chi connectivity index (χ1) is 14.8. The number of benzene rings is 2. The summed E-state index contributed by atoms with van der Waals surface area (Å²) >= 11 is 6.19. The number of aryl methyl sites for hydroxylation is 1. The quantitative estimate of drug-likeness (QED) is 0.215. The molecule has 0 amide bonds. The van der Waals surface area contributed by atoms with Crippen LogP contribution in [0.3, 0.4) is 0 Å². The third-order valence-corrected chi connectivity index (χ3v) is 5.39. The first-order valence-corrected chi connectivity index (χ1v) is 9.55. The number of phenolic OH excluding ortho intramolecular Hbond substituents is 1. The van der Waals surface area contributed by atoms with Crippen LogP contribution in [0.25, 0.3) is 16.7 Å². The van der Waals surface area contributed by atoms with E-state index in [0.29, 0.717) is 27.3 Å². The van der Waals surface area contributed by atoms with Gasteiger partial charge in [0.1, 0.15) is 23.4 Å². The number of nitrogens with two attached hydrogens (primary N) is 1. The van der Waals surface area contributed by atoms with Crippen LogP contribution in [0.1, 0.15) is 22.5 Å². The molecule has 2 aromatic heterocycles. The number of hydrazone groups is 1. The summed E-state index contributed by atoms with van der Waals surface area (Å²) in [4.78, 5) is 19.4. The van der Waals surface area contributed by atoms with E-state index in [1.807, 2.05) is 36.6 Å². The average Bonchev–Trinajstić information content (AvgIpc) is 3.00. The van der Waals surface area contributed by atoms with E-state index in [4.69, 9.17) is 17.4 Å². The van der Waals surface area contributed by atoms with Crippen molar-refractivity contribution in [2.45, 2.75) is 13.8 Å². The molecule has 0 aliphatic heterocycles. The molecule has 31 heavy (non-hydrogen) atoms. The third kappa shape index (κ3) is 3.34. The summed E-state index contributed by atoms with van der Waals surface area (Å²) < 4.78 is 1.95. The lowest BCUT2D eigenvalue weighted by Crippen LogP contribution is -2.10. The van der Waals surface area contributed by atoms with Crippen molar-refractivity contribution in [3.63, 3.8) is 0 Å². The van der Waals surface area contributed by atoms with Crippen molar-refractivity contribution in [1.82, 2.24) is 14.5 Å². The summed E-state index contributed by atoms with van der Waals surface area (Å²) in [5, 5.41) is 26.2. The Kier molecular flexibility index (Phi) is 5.04. The largest absolute Gasteiger partial charge is 0.502 e. The van der Waals surface area contributed by atoms with Crippen LogP contribution in [0.15, 0.2) is 53.9 Å². The van der Waals surface area contributed by atoms with E-state index < -0.39 is 16.4 Å². The van der Waals surface area contributed by atoms with Crippen LogP contribution < -0.4 is 5.84 Å². The van der Waals surface area contributed by atoms with E-state index in [1.54, 1.807) is 6.07 Å². The van der Waals surface area contributed by atoms with E-state index in [-0.39, 0.29) is 5.71 Å². The smallest absolute Gasteiger partial charge is 0.311 e. The summed E-state index contributed by atoms with van der Waals surface area (Å²) in [5.74, 6) is 5.24. The minimum absolute atomic E-state index is 0.238. The molecule has 0 atom stereocenters. The average molecular weight is 437 g/mol. The summed E-state index contributed by atoms with van der Waals surface area (Å²) in [6.07, 6.45) is 1.39. The summed E-state index contributed by atoms with van der Waals surface area (Å²) in [6.45, 7) is 3.88. The number of aromatic nitrogens is 3. The highest BCUT2D eigenvalue weighted by Gasteiger charge is 2.23. The monoisotopic (exact) mass is 436 g/mol. The number of phenols is 1. The SMILES string of the molecule is Cc1c(C)n(-c2cccc(Cl)c2)c2ncnc(C(=NN)c3ccc(O)c([N+](=O)[O-])c3)c12. The van der Waals surface area contributed by atoms with E-state index in [1.165, 1.54) is 24.5 Å². The van der Waals surface area contributed by atoms with Crippen molar-refractivity contribution in [2.24, 2.45) is 10.9 Å². The second-order valence-corrected chi connectivity index (χ2v) is 7.32. The predicted octanol–water partition coefficient (Wildman–Crippen LogP) is 4.02. The van der Waals surface area contributed by atoms with Gasteiger partial charge in [-0.25, -0.2) is 9.97 Å². The molecule has 9 nitrogen and oxygen atoms in total. The number of hydrogen-bond acceptors (Lipinski definition) is 7. The molecule has 0 bridgehead atoms. The maximum Gasteiger partial charge on any atom is 0.311 e. The van der Waals surface area contributed by atoms with E-state index in [2.05, 4.69) is 15.1 Å². The minimum Gasteiger partial charge on any atom is -0.502 e. The van der Waals surface area contributed by atoms with Gasteiger partial charge in [-0.3, -0.25) is 14.7 Å². The highest BCUT2D eigenvalue weighted by atomic mass is 35.5. The standard InChI is InChI=1S/C21H17ClN6O3/c1-11-12(2)27(15-5-3-4-14(22)9-15)21-18(11)20(24-10-25-21)19(26-23)13-6-7-17(29)16(8-13)28(30)31/h3-10,29H,23H2,1-2H3. The maximum atomic E-state index is 11.3. The molecule has 4 rings (SSSR count). The number of rotatable bonds is 4. The first kappa shape index (κ1) is 20.3. The molecule has 0 saturated carbocycles. The Morgan fingerprint density at radius 2 is 2.00 bits per heavy atom. The second kappa shape index (κ2) is 7.69. The van der Waals surface area contributed by atoms with Gasteiger partial charge in [-0.15, -0.1) is 0 Å². The molecule has 0 spiro atoms. The molecule has 156 valence electrons. The van der Waals surface area contributed by atoms with Crippen LogP contribution in [-0.2, 0) is 0 Å². The normalized spacial score (nSPS) is 11.8. The predicted molar refractivity (Wildman–Crippen MR) is 118 cm³/mol. The lowest BCUT2D eigenvalue weighted by molar-refractivity contribution is -0.385. The summed E-state index contributed by atoms with van der Waals surface area (Å²) in [6, 6.07) is 11.3. The van der Waals surface area contributed by atoms with Gasteiger partial charge in [-0.05, 0) is 49.7 Å². The summed E-state index contributed by atoms with van der Waals surface area (Å²) in [7, 11) is 0. The number of nitro groups is 1. The fourth-order valence-corrected chi connectivity index (χ4v) is 3.78. The van der Waals surface area contributed by atoms with Crippen LogP contribution >= 0.6 is 11.6 Å². The highest BCUT2D eigenvalue weighted by molar-refractivity contribution is 6.30. The highest BCUT2D eigenvalue weighted by Crippen LogP contribution is 2.32.